The molecule has 0 aromatic heterocycles. The number of likely N-dealkylation sites (tertiary alicyclic amines) is 1. The molecule has 0 bridgehead atoms. The maximum Gasteiger partial charge on any atom is 0.401 e. The molecule has 7 heteroatoms. The molecule has 0 amide bonds. The third-order valence-corrected chi connectivity index (χ3v) is 4.29. The van der Waals surface area contributed by atoms with E-state index in [1.54, 1.807) is 6.07 Å². The summed E-state index contributed by atoms with van der Waals surface area (Å²) in [6, 6.07) is 7.57. The van der Waals surface area contributed by atoms with Crippen molar-refractivity contribution in [2.24, 2.45) is 5.92 Å². The van der Waals surface area contributed by atoms with E-state index in [1.807, 2.05) is 12.1 Å². The Morgan fingerprint density at radius 3 is 2.59 bits per heavy atom. The molecule has 0 radical (unpaired) electrons. The number of piperidine rings is 1. The van der Waals surface area contributed by atoms with Gasteiger partial charge in [-0.2, -0.15) is 18.4 Å². The Hall–Kier alpha value is -1.26. The van der Waals surface area contributed by atoms with Crippen molar-refractivity contribution in [3.8, 4) is 6.07 Å². The summed E-state index contributed by atoms with van der Waals surface area (Å²) < 4.78 is 37.8. The molecule has 0 aliphatic carbocycles. The van der Waals surface area contributed by atoms with Crippen LogP contribution in [0.5, 0.6) is 0 Å². The molecule has 1 saturated heterocycles. The van der Waals surface area contributed by atoms with Gasteiger partial charge >= 0.3 is 6.18 Å². The Kier molecular flexibility index (Phi) is 5.70. The number of hydrogen-bond acceptors (Lipinski definition) is 3. The number of anilines is 1. The molecule has 1 aromatic carbocycles. The summed E-state index contributed by atoms with van der Waals surface area (Å²) in [5.74, 6) is 0.333. The Balaban J connectivity index is 1.81. The van der Waals surface area contributed by atoms with E-state index in [9.17, 15) is 13.2 Å². The molecule has 1 aromatic rings. The topological polar surface area (TPSA) is 39.1 Å². The molecule has 3 nitrogen and oxygen atoms in total. The summed E-state index contributed by atoms with van der Waals surface area (Å²) in [6.07, 6.45) is -2.65. The minimum absolute atomic E-state index is 0.333. The van der Waals surface area contributed by atoms with Crippen LogP contribution < -0.4 is 5.32 Å². The van der Waals surface area contributed by atoms with Gasteiger partial charge in [0.1, 0.15) is 6.07 Å². The van der Waals surface area contributed by atoms with Crippen LogP contribution in [0.4, 0.5) is 18.9 Å². The molecular weight excluding hydrogens is 359 g/mol. The Morgan fingerprint density at radius 1 is 1.32 bits per heavy atom. The van der Waals surface area contributed by atoms with Gasteiger partial charge in [0.05, 0.1) is 17.8 Å². The fourth-order valence-corrected chi connectivity index (χ4v) is 2.98. The van der Waals surface area contributed by atoms with Crippen LogP contribution in [-0.4, -0.2) is 37.3 Å². The van der Waals surface area contributed by atoms with Crippen molar-refractivity contribution >= 4 is 21.6 Å². The van der Waals surface area contributed by atoms with Crippen LogP contribution in [0.15, 0.2) is 22.7 Å². The monoisotopic (exact) mass is 375 g/mol. The van der Waals surface area contributed by atoms with Gasteiger partial charge < -0.3 is 5.32 Å². The first-order valence-corrected chi connectivity index (χ1v) is 7.89. The van der Waals surface area contributed by atoms with Gasteiger partial charge in [-0.25, -0.2) is 0 Å². The fraction of sp³-hybridized carbons (Fsp3) is 0.533. The second-order valence-corrected chi connectivity index (χ2v) is 6.43. The third-order valence-electron chi connectivity index (χ3n) is 3.79. The van der Waals surface area contributed by atoms with Crippen molar-refractivity contribution in [1.29, 1.82) is 5.26 Å². The Morgan fingerprint density at radius 2 is 2.00 bits per heavy atom. The minimum Gasteiger partial charge on any atom is -0.384 e. The molecule has 0 unspecified atom stereocenters. The van der Waals surface area contributed by atoms with Crippen molar-refractivity contribution < 1.29 is 13.2 Å². The summed E-state index contributed by atoms with van der Waals surface area (Å²) >= 11 is 3.32. The quantitative estimate of drug-likeness (QED) is 0.863. The molecule has 0 saturated carbocycles. The summed E-state index contributed by atoms with van der Waals surface area (Å²) in [6.45, 7) is 0.795. The zero-order valence-electron chi connectivity index (χ0n) is 12.0. The molecule has 120 valence electrons. The van der Waals surface area contributed by atoms with Crippen LogP contribution >= 0.6 is 15.9 Å². The number of benzene rings is 1. The van der Waals surface area contributed by atoms with Gasteiger partial charge in [-0.3, -0.25) is 4.90 Å². The van der Waals surface area contributed by atoms with E-state index in [0.717, 1.165) is 23.0 Å². The SMILES string of the molecule is N#Cc1cc(Br)ccc1NCC1CCN(CC(F)(F)F)CC1. The Labute approximate surface area is 136 Å². The van der Waals surface area contributed by atoms with Gasteiger partial charge in [0.25, 0.3) is 0 Å². The van der Waals surface area contributed by atoms with Gasteiger partial charge in [-0.1, -0.05) is 15.9 Å². The van der Waals surface area contributed by atoms with Crippen LogP contribution in [0.1, 0.15) is 18.4 Å². The number of nitriles is 1. The van der Waals surface area contributed by atoms with E-state index in [4.69, 9.17) is 5.26 Å². The normalized spacial score (nSPS) is 17.2. The maximum absolute atomic E-state index is 12.3. The fourth-order valence-electron chi connectivity index (χ4n) is 2.62. The van der Waals surface area contributed by atoms with Crippen molar-refractivity contribution in [2.75, 3.05) is 31.5 Å². The summed E-state index contributed by atoms with van der Waals surface area (Å²) in [5.41, 5.74) is 1.33. The van der Waals surface area contributed by atoms with Crippen molar-refractivity contribution in [2.45, 2.75) is 19.0 Å². The molecule has 1 fully saturated rings. The average molecular weight is 376 g/mol. The number of nitrogens with one attached hydrogen (secondary N) is 1. The average Bonchev–Trinajstić information content (AvgIpc) is 2.45. The summed E-state index contributed by atoms with van der Waals surface area (Å²) in [7, 11) is 0. The highest BCUT2D eigenvalue weighted by Gasteiger charge is 2.32. The van der Waals surface area contributed by atoms with Crippen LogP contribution in [0.25, 0.3) is 0 Å². The van der Waals surface area contributed by atoms with Crippen molar-refractivity contribution in [1.82, 2.24) is 4.90 Å². The smallest absolute Gasteiger partial charge is 0.384 e. The largest absolute Gasteiger partial charge is 0.401 e. The van der Waals surface area contributed by atoms with Crippen LogP contribution in [0.3, 0.4) is 0 Å². The number of rotatable bonds is 4. The molecule has 0 spiro atoms. The van der Waals surface area contributed by atoms with Gasteiger partial charge in [0.15, 0.2) is 0 Å². The first-order valence-electron chi connectivity index (χ1n) is 7.10. The van der Waals surface area contributed by atoms with Crippen molar-refractivity contribution in [3.05, 3.63) is 28.2 Å². The van der Waals surface area contributed by atoms with Crippen LogP contribution in [0.2, 0.25) is 0 Å². The number of nitrogens with zero attached hydrogens (tertiary/aromatic N) is 2. The van der Waals surface area contributed by atoms with Gasteiger partial charge in [-0.05, 0) is 50.0 Å². The first kappa shape index (κ1) is 17.1. The molecule has 22 heavy (non-hydrogen) atoms. The minimum atomic E-state index is -4.12. The lowest BCUT2D eigenvalue weighted by atomic mass is 9.96. The maximum atomic E-state index is 12.3. The number of hydrogen-bond donors (Lipinski definition) is 1. The van der Waals surface area contributed by atoms with Gasteiger partial charge in [0.2, 0.25) is 0 Å². The summed E-state index contributed by atoms with van der Waals surface area (Å²) in [5, 5.41) is 12.3. The molecule has 1 heterocycles. The molecular formula is C15H17BrF3N3. The molecule has 1 N–H and O–H groups in total. The molecule has 0 atom stereocenters. The highest BCUT2D eigenvalue weighted by Crippen LogP contribution is 2.24. The van der Waals surface area contributed by atoms with Crippen LogP contribution in [0, 0.1) is 17.2 Å². The van der Waals surface area contributed by atoms with Crippen molar-refractivity contribution in [3.63, 3.8) is 0 Å². The predicted octanol–water partition coefficient (Wildman–Crippen LogP) is 4.01. The second kappa shape index (κ2) is 7.34. The third kappa shape index (κ3) is 5.18. The van der Waals surface area contributed by atoms with Gasteiger partial charge in [0, 0.05) is 11.0 Å². The van der Waals surface area contributed by atoms with E-state index in [-0.39, 0.29) is 0 Å². The highest BCUT2D eigenvalue weighted by molar-refractivity contribution is 9.10. The zero-order valence-corrected chi connectivity index (χ0v) is 13.5. The molecule has 1 aliphatic heterocycles. The van der Waals surface area contributed by atoms with E-state index in [1.165, 1.54) is 4.90 Å². The van der Waals surface area contributed by atoms with E-state index < -0.39 is 12.7 Å². The molecule has 2 rings (SSSR count). The standard InChI is InChI=1S/C15H17BrF3N3/c16-13-1-2-14(12(7-13)8-20)21-9-11-3-5-22(6-4-11)10-15(17,18)19/h1-2,7,11,21H,3-6,9-10H2. The molecule has 1 aliphatic rings. The lowest BCUT2D eigenvalue weighted by molar-refractivity contribution is -0.148. The highest BCUT2D eigenvalue weighted by atomic mass is 79.9. The first-order chi connectivity index (χ1) is 10.4. The zero-order chi connectivity index (χ0) is 16.2. The Bertz CT molecular complexity index is 546. The predicted molar refractivity (Wildman–Crippen MR) is 82.6 cm³/mol. The summed E-state index contributed by atoms with van der Waals surface area (Å²) in [4.78, 5) is 1.46. The number of alkyl halides is 3. The van der Waals surface area contributed by atoms with E-state index >= 15 is 0 Å². The van der Waals surface area contributed by atoms with Gasteiger partial charge in [-0.15, -0.1) is 0 Å². The van der Waals surface area contributed by atoms with Crippen LogP contribution in [-0.2, 0) is 0 Å². The lowest BCUT2D eigenvalue weighted by Crippen LogP contribution is -2.41. The lowest BCUT2D eigenvalue weighted by Gasteiger charge is -2.32. The van der Waals surface area contributed by atoms with E-state index in [2.05, 4.69) is 27.3 Å². The van der Waals surface area contributed by atoms with E-state index in [0.29, 0.717) is 31.1 Å². The number of halogens is 4. The second-order valence-electron chi connectivity index (χ2n) is 5.52.